The van der Waals surface area contributed by atoms with E-state index in [-0.39, 0.29) is 5.91 Å². The Balaban J connectivity index is 1.99. The number of carbonyl (C=O) groups excluding carboxylic acids is 1. The molecule has 3 aromatic rings. The number of amides is 1. The second kappa shape index (κ2) is 7.86. The Morgan fingerprint density at radius 3 is 1.81 bits per heavy atom. The third-order valence-corrected chi connectivity index (χ3v) is 4.24. The number of ether oxygens (including phenoxy) is 4. The van der Waals surface area contributed by atoms with Crippen molar-refractivity contribution in [3.63, 3.8) is 0 Å². The second-order valence-electron chi connectivity index (χ2n) is 5.77. The van der Waals surface area contributed by atoms with Gasteiger partial charge in [0.2, 0.25) is 5.75 Å². The van der Waals surface area contributed by atoms with E-state index in [1.54, 1.807) is 19.2 Å². The molecule has 0 aliphatic rings. The molecular weight excluding hydrogens is 346 g/mol. The van der Waals surface area contributed by atoms with Crippen LogP contribution in [-0.2, 0) is 0 Å². The Hall–Kier alpha value is -3.41. The summed E-state index contributed by atoms with van der Waals surface area (Å²) in [6.07, 6.45) is 0. The standard InChI is InChI=1S/C21H21NO5/c1-24-17-10-14-8-6-5-7-13(14)9-16(17)21(23)22-15-11-18(25-2)20(27-4)19(12-15)26-3/h5-12H,1-4H3,(H,22,23). The van der Waals surface area contributed by atoms with Crippen LogP contribution >= 0.6 is 0 Å². The molecule has 0 spiro atoms. The van der Waals surface area contributed by atoms with Crippen molar-refractivity contribution < 1.29 is 23.7 Å². The van der Waals surface area contributed by atoms with Gasteiger partial charge >= 0.3 is 0 Å². The fraction of sp³-hybridized carbons (Fsp3) is 0.190. The van der Waals surface area contributed by atoms with Crippen molar-refractivity contribution in [3.05, 3.63) is 54.1 Å². The molecule has 3 rings (SSSR count). The van der Waals surface area contributed by atoms with Crippen LogP contribution in [0.4, 0.5) is 5.69 Å². The summed E-state index contributed by atoms with van der Waals surface area (Å²) in [6.45, 7) is 0. The molecule has 0 unspecified atom stereocenters. The van der Waals surface area contributed by atoms with Crippen LogP contribution < -0.4 is 24.3 Å². The van der Waals surface area contributed by atoms with E-state index in [9.17, 15) is 4.79 Å². The summed E-state index contributed by atoms with van der Waals surface area (Å²) >= 11 is 0. The highest BCUT2D eigenvalue weighted by Gasteiger charge is 2.17. The van der Waals surface area contributed by atoms with Crippen LogP contribution in [0.1, 0.15) is 10.4 Å². The van der Waals surface area contributed by atoms with Crippen molar-refractivity contribution in [3.8, 4) is 23.0 Å². The van der Waals surface area contributed by atoms with Crippen LogP contribution in [0, 0.1) is 0 Å². The number of carbonyl (C=O) groups is 1. The Bertz CT molecular complexity index is 958. The van der Waals surface area contributed by atoms with E-state index >= 15 is 0 Å². The first kappa shape index (κ1) is 18.4. The van der Waals surface area contributed by atoms with Crippen LogP contribution in [0.25, 0.3) is 10.8 Å². The van der Waals surface area contributed by atoms with Gasteiger partial charge in [-0.25, -0.2) is 0 Å². The molecule has 0 saturated carbocycles. The van der Waals surface area contributed by atoms with E-state index in [4.69, 9.17) is 18.9 Å². The molecule has 0 saturated heterocycles. The van der Waals surface area contributed by atoms with Gasteiger partial charge in [-0.2, -0.15) is 0 Å². The van der Waals surface area contributed by atoms with Gasteiger partial charge in [0.25, 0.3) is 5.91 Å². The summed E-state index contributed by atoms with van der Waals surface area (Å²) in [5.41, 5.74) is 0.953. The maximum absolute atomic E-state index is 12.9. The third-order valence-electron chi connectivity index (χ3n) is 4.24. The molecule has 27 heavy (non-hydrogen) atoms. The van der Waals surface area contributed by atoms with Gasteiger partial charge in [-0.05, 0) is 22.9 Å². The normalized spacial score (nSPS) is 10.4. The van der Waals surface area contributed by atoms with Gasteiger partial charge < -0.3 is 24.3 Å². The fourth-order valence-electron chi connectivity index (χ4n) is 2.92. The summed E-state index contributed by atoms with van der Waals surface area (Å²) in [5, 5.41) is 4.81. The number of fused-ring (bicyclic) bond motifs is 1. The average Bonchev–Trinajstić information content (AvgIpc) is 2.71. The molecule has 140 valence electrons. The zero-order chi connectivity index (χ0) is 19.4. The highest BCUT2D eigenvalue weighted by atomic mass is 16.5. The summed E-state index contributed by atoms with van der Waals surface area (Å²) in [6, 6.07) is 14.8. The summed E-state index contributed by atoms with van der Waals surface area (Å²) < 4.78 is 21.4. The highest BCUT2D eigenvalue weighted by Crippen LogP contribution is 2.40. The number of hydrogen-bond donors (Lipinski definition) is 1. The van der Waals surface area contributed by atoms with Crippen molar-refractivity contribution >= 4 is 22.4 Å². The lowest BCUT2D eigenvalue weighted by Crippen LogP contribution is -2.13. The number of rotatable bonds is 6. The molecule has 1 N–H and O–H groups in total. The van der Waals surface area contributed by atoms with Gasteiger partial charge in [0.15, 0.2) is 11.5 Å². The lowest BCUT2D eigenvalue weighted by molar-refractivity contribution is 0.102. The van der Waals surface area contributed by atoms with Gasteiger partial charge in [0.05, 0.1) is 34.0 Å². The van der Waals surface area contributed by atoms with E-state index in [2.05, 4.69) is 5.32 Å². The van der Waals surface area contributed by atoms with Crippen molar-refractivity contribution in [1.82, 2.24) is 0 Å². The average molecular weight is 367 g/mol. The zero-order valence-electron chi connectivity index (χ0n) is 15.7. The molecule has 3 aromatic carbocycles. The Morgan fingerprint density at radius 1 is 0.741 bits per heavy atom. The molecule has 0 radical (unpaired) electrons. The Labute approximate surface area is 157 Å². The molecule has 0 aliphatic heterocycles. The summed E-state index contributed by atoms with van der Waals surface area (Å²) in [5.74, 6) is 1.57. The second-order valence-corrected chi connectivity index (χ2v) is 5.77. The summed E-state index contributed by atoms with van der Waals surface area (Å²) in [4.78, 5) is 12.9. The first-order valence-electron chi connectivity index (χ1n) is 8.29. The third kappa shape index (κ3) is 3.60. The highest BCUT2D eigenvalue weighted by molar-refractivity contribution is 6.09. The first-order valence-corrected chi connectivity index (χ1v) is 8.29. The number of benzene rings is 3. The predicted molar refractivity (Wildman–Crippen MR) is 105 cm³/mol. The Kier molecular flexibility index (Phi) is 5.35. The minimum absolute atomic E-state index is 0.299. The molecule has 0 bridgehead atoms. The number of nitrogens with one attached hydrogen (secondary N) is 1. The molecule has 6 heteroatoms. The lowest BCUT2D eigenvalue weighted by Gasteiger charge is -2.15. The molecule has 0 aliphatic carbocycles. The molecule has 0 aromatic heterocycles. The van der Waals surface area contributed by atoms with Crippen molar-refractivity contribution in [2.75, 3.05) is 33.8 Å². The molecule has 0 heterocycles. The van der Waals surface area contributed by atoms with Crippen LogP contribution in [0.15, 0.2) is 48.5 Å². The fourth-order valence-corrected chi connectivity index (χ4v) is 2.92. The van der Waals surface area contributed by atoms with E-state index in [1.165, 1.54) is 21.3 Å². The molecular formula is C21H21NO5. The largest absolute Gasteiger partial charge is 0.496 e. The maximum atomic E-state index is 12.9. The number of anilines is 1. The zero-order valence-corrected chi connectivity index (χ0v) is 15.7. The minimum Gasteiger partial charge on any atom is -0.496 e. The Morgan fingerprint density at radius 2 is 1.30 bits per heavy atom. The lowest BCUT2D eigenvalue weighted by atomic mass is 10.1. The first-order chi connectivity index (χ1) is 13.1. The smallest absolute Gasteiger partial charge is 0.259 e. The van der Waals surface area contributed by atoms with E-state index in [0.717, 1.165) is 10.8 Å². The van der Waals surface area contributed by atoms with E-state index in [1.807, 2.05) is 36.4 Å². The molecule has 1 amide bonds. The number of hydrogen-bond acceptors (Lipinski definition) is 5. The van der Waals surface area contributed by atoms with Crippen LogP contribution in [0.5, 0.6) is 23.0 Å². The monoisotopic (exact) mass is 367 g/mol. The van der Waals surface area contributed by atoms with Gasteiger partial charge in [0.1, 0.15) is 5.75 Å². The minimum atomic E-state index is -0.299. The van der Waals surface area contributed by atoms with Gasteiger partial charge in [-0.15, -0.1) is 0 Å². The number of methoxy groups -OCH3 is 4. The van der Waals surface area contributed by atoms with Crippen molar-refractivity contribution in [2.24, 2.45) is 0 Å². The topological polar surface area (TPSA) is 66.0 Å². The van der Waals surface area contributed by atoms with Crippen molar-refractivity contribution in [1.29, 1.82) is 0 Å². The molecule has 0 atom stereocenters. The quantitative estimate of drug-likeness (QED) is 0.710. The van der Waals surface area contributed by atoms with Gasteiger partial charge in [-0.1, -0.05) is 24.3 Å². The van der Waals surface area contributed by atoms with Crippen LogP contribution in [0.2, 0.25) is 0 Å². The maximum Gasteiger partial charge on any atom is 0.259 e. The van der Waals surface area contributed by atoms with E-state index < -0.39 is 0 Å². The summed E-state index contributed by atoms with van der Waals surface area (Å²) in [7, 11) is 6.11. The molecule has 0 fully saturated rings. The van der Waals surface area contributed by atoms with Crippen LogP contribution in [-0.4, -0.2) is 34.3 Å². The van der Waals surface area contributed by atoms with Gasteiger partial charge in [0, 0.05) is 17.8 Å². The van der Waals surface area contributed by atoms with Crippen LogP contribution in [0.3, 0.4) is 0 Å². The van der Waals surface area contributed by atoms with Crippen molar-refractivity contribution in [2.45, 2.75) is 0 Å². The van der Waals surface area contributed by atoms with E-state index in [0.29, 0.717) is 34.2 Å². The predicted octanol–water partition coefficient (Wildman–Crippen LogP) is 4.13. The molecule has 6 nitrogen and oxygen atoms in total. The SMILES string of the molecule is COc1cc2ccccc2cc1C(=O)Nc1cc(OC)c(OC)c(OC)c1. The van der Waals surface area contributed by atoms with Gasteiger partial charge in [-0.3, -0.25) is 4.79 Å².